The Hall–Kier alpha value is -2.14. The molecule has 5 nitrogen and oxygen atoms in total. The first-order valence-corrected chi connectivity index (χ1v) is 9.80. The van der Waals surface area contributed by atoms with Crippen molar-refractivity contribution in [3.63, 3.8) is 0 Å². The molecule has 2 aromatic rings. The minimum absolute atomic E-state index is 0.139. The number of hydrogen-bond donors (Lipinski definition) is 0. The van der Waals surface area contributed by atoms with Gasteiger partial charge in [-0.15, -0.1) is 0 Å². The summed E-state index contributed by atoms with van der Waals surface area (Å²) in [5.74, 6) is 0.139. The predicted octanol–water partition coefficient (Wildman–Crippen LogP) is 2.96. The third-order valence-electron chi connectivity index (χ3n) is 5.81. The summed E-state index contributed by atoms with van der Waals surface area (Å²) in [5, 5.41) is 4.43. The molecule has 1 saturated heterocycles. The Morgan fingerprint density at radius 2 is 2.04 bits per heavy atom. The zero-order chi connectivity index (χ0) is 17.9. The fraction of sp³-hybridized carbons (Fsp3) is 0.524. The van der Waals surface area contributed by atoms with Crippen molar-refractivity contribution in [2.75, 3.05) is 20.1 Å². The molecule has 0 saturated carbocycles. The van der Waals surface area contributed by atoms with Gasteiger partial charge < -0.3 is 4.90 Å². The minimum Gasteiger partial charge on any atom is -0.337 e. The fourth-order valence-corrected chi connectivity index (χ4v) is 4.29. The van der Waals surface area contributed by atoms with Gasteiger partial charge in [-0.25, -0.2) is 0 Å². The molecule has 1 atom stereocenters. The molecule has 0 bridgehead atoms. The average Bonchev–Trinajstić information content (AvgIpc) is 3.12. The highest BCUT2D eigenvalue weighted by Crippen LogP contribution is 2.23. The number of aromatic nitrogens is 2. The van der Waals surface area contributed by atoms with Gasteiger partial charge in [0.15, 0.2) is 0 Å². The van der Waals surface area contributed by atoms with Gasteiger partial charge in [0.1, 0.15) is 0 Å². The zero-order valence-electron chi connectivity index (χ0n) is 15.6. The number of amides is 1. The summed E-state index contributed by atoms with van der Waals surface area (Å²) in [7, 11) is 1.96. The number of likely N-dealkylation sites (N-methyl/N-ethyl adjacent to an activating group) is 1. The average molecular weight is 352 g/mol. The maximum atomic E-state index is 13.1. The first-order chi connectivity index (χ1) is 12.7. The van der Waals surface area contributed by atoms with E-state index in [4.69, 9.17) is 0 Å². The van der Waals surface area contributed by atoms with Crippen LogP contribution in [0.15, 0.2) is 36.5 Å². The lowest BCUT2D eigenvalue weighted by Crippen LogP contribution is -2.48. The highest BCUT2D eigenvalue weighted by atomic mass is 16.2. The molecule has 1 amide bonds. The molecule has 0 aliphatic carbocycles. The highest BCUT2D eigenvalue weighted by Gasteiger charge is 2.29. The Kier molecular flexibility index (Phi) is 5.07. The molecular weight excluding hydrogens is 324 g/mol. The van der Waals surface area contributed by atoms with Crippen molar-refractivity contribution < 1.29 is 4.79 Å². The molecule has 1 aromatic heterocycles. The summed E-state index contributed by atoms with van der Waals surface area (Å²) >= 11 is 0. The quantitative estimate of drug-likeness (QED) is 0.849. The Bertz CT molecular complexity index is 755. The third kappa shape index (κ3) is 3.54. The molecule has 0 spiro atoms. The fourth-order valence-electron chi connectivity index (χ4n) is 4.29. The monoisotopic (exact) mass is 352 g/mol. The van der Waals surface area contributed by atoms with Crippen LogP contribution in [0, 0.1) is 0 Å². The molecule has 0 radical (unpaired) electrons. The number of nitrogens with zero attached hydrogens (tertiary/aromatic N) is 4. The SMILES string of the molecule is CN(C(=O)c1cnn2c1CCCC2)C1CCCN(Cc2ccccc2)C1. The van der Waals surface area contributed by atoms with Crippen LogP contribution in [0.25, 0.3) is 0 Å². The van der Waals surface area contributed by atoms with Crippen molar-refractivity contribution in [2.24, 2.45) is 0 Å². The lowest BCUT2D eigenvalue weighted by molar-refractivity contribution is 0.0608. The summed E-state index contributed by atoms with van der Waals surface area (Å²) in [6.07, 6.45) is 7.29. The molecule has 5 heteroatoms. The van der Waals surface area contributed by atoms with Gasteiger partial charge in [0.25, 0.3) is 5.91 Å². The van der Waals surface area contributed by atoms with E-state index in [0.717, 1.165) is 69.5 Å². The number of carbonyl (C=O) groups is 1. The van der Waals surface area contributed by atoms with E-state index in [9.17, 15) is 4.79 Å². The van der Waals surface area contributed by atoms with Crippen molar-refractivity contribution in [1.29, 1.82) is 0 Å². The van der Waals surface area contributed by atoms with Gasteiger partial charge in [-0.05, 0) is 44.2 Å². The van der Waals surface area contributed by atoms with Crippen LogP contribution in [0.1, 0.15) is 47.3 Å². The van der Waals surface area contributed by atoms with Crippen molar-refractivity contribution in [3.8, 4) is 0 Å². The van der Waals surface area contributed by atoms with E-state index in [1.807, 2.05) is 16.6 Å². The number of hydrogen-bond acceptors (Lipinski definition) is 3. The topological polar surface area (TPSA) is 41.4 Å². The second-order valence-corrected chi connectivity index (χ2v) is 7.62. The Morgan fingerprint density at radius 3 is 2.88 bits per heavy atom. The van der Waals surface area contributed by atoms with Crippen LogP contribution in [-0.2, 0) is 19.5 Å². The van der Waals surface area contributed by atoms with Gasteiger partial charge in [0.05, 0.1) is 17.5 Å². The third-order valence-corrected chi connectivity index (χ3v) is 5.81. The molecule has 1 fully saturated rings. The van der Waals surface area contributed by atoms with Gasteiger partial charge in [-0.2, -0.15) is 5.10 Å². The second kappa shape index (κ2) is 7.62. The van der Waals surface area contributed by atoms with Gasteiger partial charge in [-0.1, -0.05) is 30.3 Å². The standard InChI is InChI=1S/C21H28N4O/c1-23(21(26)19-14-22-25-13-6-5-11-20(19)25)18-10-7-12-24(16-18)15-17-8-3-2-4-9-17/h2-4,8-9,14,18H,5-7,10-13,15-16H2,1H3. The molecule has 0 N–H and O–H groups in total. The number of benzene rings is 1. The van der Waals surface area contributed by atoms with E-state index >= 15 is 0 Å². The van der Waals surface area contributed by atoms with Crippen LogP contribution in [-0.4, -0.2) is 51.7 Å². The maximum Gasteiger partial charge on any atom is 0.257 e. The molecule has 4 rings (SSSR count). The molecule has 1 aromatic carbocycles. The largest absolute Gasteiger partial charge is 0.337 e. The van der Waals surface area contributed by atoms with E-state index in [2.05, 4.69) is 40.3 Å². The maximum absolute atomic E-state index is 13.1. The van der Waals surface area contributed by atoms with Crippen molar-refractivity contribution in [2.45, 2.75) is 51.2 Å². The molecule has 2 aliphatic rings. The Morgan fingerprint density at radius 1 is 1.19 bits per heavy atom. The first kappa shape index (κ1) is 17.3. The van der Waals surface area contributed by atoms with Gasteiger partial charge in [0, 0.05) is 32.7 Å². The summed E-state index contributed by atoms with van der Waals surface area (Å²) in [4.78, 5) is 17.5. The minimum atomic E-state index is 0.139. The molecular formula is C21H28N4O. The summed E-state index contributed by atoms with van der Waals surface area (Å²) in [5.41, 5.74) is 3.28. The Labute approximate surface area is 155 Å². The van der Waals surface area contributed by atoms with Crippen LogP contribution >= 0.6 is 0 Å². The van der Waals surface area contributed by atoms with Crippen LogP contribution < -0.4 is 0 Å². The van der Waals surface area contributed by atoms with Crippen LogP contribution in [0.5, 0.6) is 0 Å². The normalized spacial score (nSPS) is 20.6. The number of likely N-dealkylation sites (tertiary alicyclic amines) is 1. The number of carbonyl (C=O) groups excluding carboxylic acids is 1. The van der Waals surface area contributed by atoms with E-state index in [-0.39, 0.29) is 11.9 Å². The first-order valence-electron chi connectivity index (χ1n) is 9.80. The molecule has 2 aliphatic heterocycles. The zero-order valence-corrected chi connectivity index (χ0v) is 15.6. The summed E-state index contributed by atoms with van der Waals surface area (Å²) in [6, 6.07) is 10.9. The van der Waals surface area contributed by atoms with Crippen molar-refractivity contribution >= 4 is 5.91 Å². The van der Waals surface area contributed by atoms with Crippen LogP contribution in [0.4, 0.5) is 0 Å². The molecule has 1 unspecified atom stereocenters. The number of rotatable bonds is 4. The van der Waals surface area contributed by atoms with Gasteiger partial charge in [-0.3, -0.25) is 14.4 Å². The predicted molar refractivity (Wildman–Crippen MR) is 102 cm³/mol. The lowest BCUT2D eigenvalue weighted by atomic mass is 10.0. The molecule has 26 heavy (non-hydrogen) atoms. The van der Waals surface area contributed by atoms with E-state index in [1.54, 1.807) is 6.20 Å². The van der Waals surface area contributed by atoms with E-state index in [0.29, 0.717) is 0 Å². The number of fused-ring (bicyclic) bond motifs is 1. The van der Waals surface area contributed by atoms with E-state index < -0.39 is 0 Å². The van der Waals surface area contributed by atoms with E-state index in [1.165, 1.54) is 5.56 Å². The highest BCUT2D eigenvalue weighted by molar-refractivity contribution is 5.95. The Balaban J connectivity index is 1.43. The smallest absolute Gasteiger partial charge is 0.257 e. The van der Waals surface area contributed by atoms with Gasteiger partial charge >= 0.3 is 0 Å². The van der Waals surface area contributed by atoms with Crippen LogP contribution in [0.2, 0.25) is 0 Å². The number of aryl methyl sites for hydroxylation is 1. The van der Waals surface area contributed by atoms with Gasteiger partial charge in [0.2, 0.25) is 0 Å². The summed E-state index contributed by atoms with van der Waals surface area (Å²) < 4.78 is 2.02. The lowest BCUT2D eigenvalue weighted by Gasteiger charge is -2.37. The second-order valence-electron chi connectivity index (χ2n) is 7.62. The number of piperidine rings is 1. The molecule has 3 heterocycles. The molecule has 138 valence electrons. The summed E-state index contributed by atoms with van der Waals surface area (Å²) in [6.45, 7) is 3.96. The van der Waals surface area contributed by atoms with Crippen LogP contribution in [0.3, 0.4) is 0 Å². The van der Waals surface area contributed by atoms with Crippen molar-refractivity contribution in [1.82, 2.24) is 19.6 Å². The van der Waals surface area contributed by atoms with Crippen molar-refractivity contribution in [3.05, 3.63) is 53.3 Å².